The number of thioether (sulfide) groups is 1. The van der Waals surface area contributed by atoms with Gasteiger partial charge in [0.1, 0.15) is 5.82 Å². The Morgan fingerprint density at radius 2 is 2.05 bits per heavy atom. The Kier molecular flexibility index (Phi) is 3.07. The van der Waals surface area contributed by atoms with Crippen LogP contribution in [-0.2, 0) is 0 Å². The van der Waals surface area contributed by atoms with E-state index in [0.717, 1.165) is 35.9 Å². The maximum Gasteiger partial charge on any atom is 0.236 e. The van der Waals surface area contributed by atoms with E-state index in [0.29, 0.717) is 0 Å². The molecule has 0 unspecified atom stereocenters. The van der Waals surface area contributed by atoms with Gasteiger partial charge in [0.15, 0.2) is 0 Å². The van der Waals surface area contributed by atoms with Gasteiger partial charge < -0.3 is 4.90 Å². The minimum atomic E-state index is 0.768. The van der Waals surface area contributed by atoms with Crippen molar-refractivity contribution in [1.29, 1.82) is 0 Å². The molecule has 106 valence electrons. The number of anilines is 1. The molecule has 0 spiro atoms. The molecule has 0 aliphatic carbocycles. The van der Waals surface area contributed by atoms with E-state index in [-0.39, 0.29) is 0 Å². The lowest BCUT2D eigenvalue weighted by Crippen LogP contribution is -2.37. The summed E-state index contributed by atoms with van der Waals surface area (Å²) in [4.78, 5) is 12.9. The fourth-order valence-corrected chi connectivity index (χ4v) is 2.97. The van der Waals surface area contributed by atoms with Crippen molar-refractivity contribution in [2.45, 2.75) is 11.3 Å². The minimum absolute atomic E-state index is 0.768. The van der Waals surface area contributed by atoms with Crippen molar-refractivity contribution in [1.82, 2.24) is 14.4 Å². The third-order valence-electron chi connectivity index (χ3n) is 3.86. The number of nitrogens with zero attached hydrogens (tertiary/aromatic N) is 4. The van der Waals surface area contributed by atoms with Gasteiger partial charge in [0.25, 0.3) is 0 Å². The van der Waals surface area contributed by atoms with E-state index in [9.17, 15) is 0 Å². The van der Waals surface area contributed by atoms with Crippen LogP contribution in [0.3, 0.4) is 0 Å². The molecule has 1 fully saturated rings. The van der Waals surface area contributed by atoms with E-state index >= 15 is 0 Å². The summed E-state index contributed by atoms with van der Waals surface area (Å²) < 4.78 is 1.99. The van der Waals surface area contributed by atoms with E-state index in [1.165, 1.54) is 11.3 Å². The lowest BCUT2D eigenvalue weighted by atomic mass is 10.2. The Morgan fingerprint density at radius 3 is 2.81 bits per heavy atom. The van der Waals surface area contributed by atoms with E-state index in [4.69, 9.17) is 0 Å². The summed E-state index contributed by atoms with van der Waals surface area (Å²) in [7, 11) is 0. The van der Waals surface area contributed by atoms with Crippen molar-refractivity contribution < 1.29 is 0 Å². The number of rotatable bonds is 3. The van der Waals surface area contributed by atoms with Gasteiger partial charge in [0, 0.05) is 35.9 Å². The Labute approximate surface area is 127 Å². The number of fused-ring (bicyclic) bond motifs is 1. The van der Waals surface area contributed by atoms with Gasteiger partial charge in [-0.1, -0.05) is 12.1 Å². The molecule has 1 aliphatic rings. The van der Waals surface area contributed by atoms with Crippen LogP contribution in [0.4, 0.5) is 5.82 Å². The second-order valence-corrected chi connectivity index (χ2v) is 6.07. The van der Waals surface area contributed by atoms with Crippen LogP contribution >= 0.6 is 11.8 Å². The molecule has 0 amide bonds. The monoisotopic (exact) mass is 296 g/mol. The van der Waals surface area contributed by atoms with Gasteiger partial charge in [-0.3, -0.25) is 4.40 Å². The zero-order valence-corrected chi connectivity index (χ0v) is 12.7. The molecule has 4 rings (SSSR count). The van der Waals surface area contributed by atoms with Crippen LogP contribution in [0.5, 0.6) is 0 Å². The summed E-state index contributed by atoms with van der Waals surface area (Å²) in [6, 6.07) is 10.5. The van der Waals surface area contributed by atoms with Crippen LogP contribution in [0.2, 0.25) is 0 Å². The fraction of sp³-hybridized carbons (Fsp3) is 0.250. The zero-order valence-electron chi connectivity index (χ0n) is 11.9. The molecule has 1 aromatic carbocycles. The standard InChI is InChI=1S/C16H16N4S/c1-21-13-5-2-4-12(10-13)14-11-20-9-6-15(18-16(20)17-14)19-7-3-8-19/h2,4-6,9-11H,3,7-8H2,1H3. The van der Waals surface area contributed by atoms with E-state index in [1.54, 1.807) is 11.8 Å². The molecule has 5 heteroatoms. The van der Waals surface area contributed by atoms with Crippen LogP contribution in [0.25, 0.3) is 17.0 Å². The molecule has 3 aromatic rings. The molecule has 2 aromatic heterocycles. The van der Waals surface area contributed by atoms with Crippen molar-refractivity contribution in [3.05, 3.63) is 42.7 Å². The molecule has 0 bridgehead atoms. The zero-order chi connectivity index (χ0) is 14.2. The van der Waals surface area contributed by atoms with Crippen LogP contribution < -0.4 is 4.90 Å². The molecule has 0 saturated carbocycles. The van der Waals surface area contributed by atoms with Gasteiger partial charge in [-0.15, -0.1) is 11.8 Å². The summed E-state index contributed by atoms with van der Waals surface area (Å²) in [5.41, 5.74) is 2.11. The summed E-state index contributed by atoms with van der Waals surface area (Å²) >= 11 is 1.74. The molecule has 21 heavy (non-hydrogen) atoms. The van der Waals surface area contributed by atoms with Crippen LogP contribution in [0.1, 0.15) is 6.42 Å². The molecular formula is C16H16N4S. The molecule has 0 radical (unpaired) electrons. The Bertz CT molecular complexity index is 792. The van der Waals surface area contributed by atoms with Crippen molar-refractivity contribution in [3.8, 4) is 11.3 Å². The maximum absolute atomic E-state index is 4.68. The topological polar surface area (TPSA) is 33.4 Å². The van der Waals surface area contributed by atoms with Crippen molar-refractivity contribution in [2.75, 3.05) is 24.2 Å². The fourth-order valence-electron chi connectivity index (χ4n) is 2.51. The van der Waals surface area contributed by atoms with Crippen LogP contribution in [0.15, 0.2) is 47.6 Å². The highest BCUT2D eigenvalue weighted by Gasteiger charge is 2.16. The highest BCUT2D eigenvalue weighted by molar-refractivity contribution is 7.98. The second-order valence-electron chi connectivity index (χ2n) is 5.19. The van der Waals surface area contributed by atoms with E-state index in [2.05, 4.69) is 51.5 Å². The largest absolute Gasteiger partial charge is 0.356 e. The molecule has 0 atom stereocenters. The summed E-state index contributed by atoms with van der Waals surface area (Å²) in [5, 5.41) is 0. The summed E-state index contributed by atoms with van der Waals surface area (Å²) in [6.07, 6.45) is 7.43. The first-order valence-electron chi connectivity index (χ1n) is 7.08. The van der Waals surface area contributed by atoms with Crippen molar-refractivity contribution >= 4 is 23.4 Å². The van der Waals surface area contributed by atoms with Crippen molar-refractivity contribution in [2.24, 2.45) is 0 Å². The van der Waals surface area contributed by atoms with Gasteiger partial charge in [-0.25, -0.2) is 4.98 Å². The van der Waals surface area contributed by atoms with Crippen LogP contribution in [-0.4, -0.2) is 33.7 Å². The Balaban J connectivity index is 1.75. The van der Waals surface area contributed by atoms with Gasteiger partial charge in [-0.2, -0.15) is 4.98 Å². The first-order chi connectivity index (χ1) is 10.3. The van der Waals surface area contributed by atoms with Gasteiger partial charge >= 0.3 is 0 Å². The van der Waals surface area contributed by atoms with Gasteiger partial charge in [0.2, 0.25) is 5.78 Å². The molecule has 0 N–H and O–H groups in total. The quantitative estimate of drug-likeness (QED) is 0.694. The third kappa shape index (κ3) is 2.27. The predicted molar refractivity (Wildman–Crippen MR) is 87.0 cm³/mol. The SMILES string of the molecule is CSc1cccc(-c2cn3ccc(N4CCC4)nc3n2)c1. The van der Waals surface area contributed by atoms with Crippen molar-refractivity contribution in [3.63, 3.8) is 0 Å². The third-order valence-corrected chi connectivity index (χ3v) is 4.58. The average Bonchev–Trinajstić information content (AvgIpc) is 2.89. The van der Waals surface area contributed by atoms with E-state index in [1.807, 2.05) is 16.8 Å². The number of hydrogen-bond donors (Lipinski definition) is 0. The number of aromatic nitrogens is 3. The highest BCUT2D eigenvalue weighted by atomic mass is 32.2. The molecular weight excluding hydrogens is 280 g/mol. The lowest BCUT2D eigenvalue weighted by molar-refractivity contribution is 0.609. The van der Waals surface area contributed by atoms with Crippen LogP contribution in [0, 0.1) is 0 Å². The normalized spacial score (nSPS) is 14.4. The maximum atomic E-state index is 4.68. The summed E-state index contributed by atoms with van der Waals surface area (Å²) in [5.74, 6) is 1.80. The molecule has 1 saturated heterocycles. The lowest BCUT2D eigenvalue weighted by Gasteiger charge is -2.31. The number of hydrogen-bond acceptors (Lipinski definition) is 4. The number of imidazole rings is 1. The predicted octanol–water partition coefficient (Wildman–Crippen LogP) is 3.33. The first kappa shape index (κ1) is 12.7. The van der Waals surface area contributed by atoms with Gasteiger partial charge in [0.05, 0.1) is 5.69 Å². The second kappa shape index (κ2) is 5.07. The van der Waals surface area contributed by atoms with E-state index < -0.39 is 0 Å². The molecule has 3 heterocycles. The number of benzene rings is 1. The molecule has 1 aliphatic heterocycles. The summed E-state index contributed by atoms with van der Waals surface area (Å²) in [6.45, 7) is 2.21. The molecule has 4 nitrogen and oxygen atoms in total. The van der Waals surface area contributed by atoms with Gasteiger partial charge in [-0.05, 0) is 30.9 Å². The minimum Gasteiger partial charge on any atom is -0.356 e. The smallest absolute Gasteiger partial charge is 0.236 e. The highest BCUT2D eigenvalue weighted by Crippen LogP contribution is 2.25. The average molecular weight is 296 g/mol. The Hall–Kier alpha value is -2.01. The first-order valence-corrected chi connectivity index (χ1v) is 8.31. The Morgan fingerprint density at radius 1 is 1.14 bits per heavy atom.